The molecular formula is C21H29ClN6O. The maximum Gasteiger partial charge on any atom is 0.228 e. The highest BCUT2D eigenvalue weighted by Gasteiger charge is 2.51. The molecule has 3 fully saturated rings. The summed E-state index contributed by atoms with van der Waals surface area (Å²) >= 11 is 6.00. The Kier molecular flexibility index (Phi) is 5.98. The predicted octanol–water partition coefficient (Wildman–Crippen LogP) is 2.03. The van der Waals surface area contributed by atoms with Crippen LogP contribution in [0.3, 0.4) is 0 Å². The third-order valence-electron chi connectivity index (χ3n) is 6.67. The minimum atomic E-state index is -0.215. The summed E-state index contributed by atoms with van der Waals surface area (Å²) in [6.07, 6.45) is 3.55. The van der Waals surface area contributed by atoms with Crippen LogP contribution in [0.4, 0.5) is 5.69 Å². The van der Waals surface area contributed by atoms with Gasteiger partial charge >= 0.3 is 0 Å². The molecule has 2 aliphatic heterocycles. The Bertz CT molecular complexity index is 778. The average Bonchev–Trinajstić information content (AvgIpc) is 3.08. The van der Waals surface area contributed by atoms with Gasteiger partial charge in [0.2, 0.25) is 5.91 Å². The first-order valence-corrected chi connectivity index (χ1v) is 10.8. The van der Waals surface area contributed by atoms with E-state index in [9.17, 15) is 10.1 Å². The van der Waals surface area contributed by atoms with Crippen LogP contribution in [0.2, 0.25) is 5.02 Å². The summed E-state index contributed by atoms with van der Waals surface area (Å²) < 4.78 is 0. The summed E-state index contributed by atoms with van der Waals surface area (Å²) in [5.41, 5.74) is 4.48. The first kappa shape index (κ1) is 20.4. The van der Waals surface area contributed by atoms with Crippen LogP contribution in [-0.4, -0.2) is 60.7 Å². The molecule has 2 saturated heterocycles. The molecule has 4 rings (SSSR count). The molecule has 3 N–H and O–H groups in total. The summed E-state index contributed by atoms with van der Waals surface area (Å²) in [5, 5.41) is 19.3. The Hall–Kier alpha value is -1.85. The van der Waals surface area contributed by atoms with Crippen molar-refractivity contribution in [2.75, 3.05) is 26.0 Å². The lowest BCUT2D eigenvalue weighted by molar-refractivity contribution is -0.128. The van der Waals surface area contributed by atoms with Crippen LogP contribution < -0.4 is 16.1 Å². The summed E-state index contributed by atoms with van der Waals surface area (Å²) in [6, 6.07) is 10.7. The zero-order valence-corrected chi connectivity index (χ0v) is 17.7. The number of rotatable bonds is 4. The largest absolute Gasteiger partial charge is 0.368 e. The second-order valence-corrected chi connectivity index (χ2v) is 9.01. The van der Waals surface area contributed by atoms with Gasteiger partial charge in [0, 0.05) is 35.4 Å². The Morgan fingerprint density at radius 3 is 2.66 bits per heavy atom. The smallest absolute Gasteiger partial charge is 0.228 e. The molecule has 1 aromatic rings. The van der Waals surface area contributed by atoms with Crippen molar-refractivity contribution in [3.8, 4) is 6.07 Å². The topological polar surface area (TPSA) is 83.4 Å². The van der Waals surface area contributed by atoms with Crippen molar-refractivity contribution in [3.63, 3.8) is 0 Å². The van der Waals surface area contributed by atoms with E-state index in [1.54, 1.807) is 0 Å². The van der Waals surface area contributed by atoms with Gasteiger partial charge in [0.1, 0.15) is 6.17 Å². The van der Waals surface area contributed by atoms with Crippen molar-refractivity contribution < 1.29 is 4.79 Å². The van der Waals surface area contributed by atoms with Gasteiger partial charge in [0.15, 0.2) is 0 Å². The van der Waals surface area contributed by atoms with Crippen LogP contribution in [0.1, 0.15) is 25.7 Å². The number of nitriles is 1. The third-order valence-corrected chi connectivity index (χ3v) is 6.92. The molecule has 6 atom stereocenters. The first-order valence-electron chi connectivity index (χ1n) is 10.4. The number of carbonyl (C=O) groups is 1. The number of hydrogen-bond acceptors (Lipinski definition) is 6. The highest BCUT2D eigenvalue weighted by atomic mass is 35.5. The highest BCUT2D eigenvalue weighted by molar-refractivity contribution is 6.30. The molecule has 1 saturated carbocycles. The Balaban J connectivity index is 1.55. The lowest BCUT2D eigenvalue weighted by atomic mass is 9.80. The summed E-state index contributed by atoms with van der Waals surface area (Å²) in [7, 11) is 4.17. The molecular weight excluding hydrogens is 388 g/mol. The van der Waals surface area contributed by atoms with Crippen LogP contribution in [-0.2, 0) is 4.79 Å². The zero-order valence-electron chi connectivity index (χ0n) is 16.9. The number of piperidine rings is 1. The van der Waals surface area contributed by atoms with Gasteiger partial charge in [-0.3, -0.25) is 4.79 Å². The average molecular weight is 417 g/mol. The van der Waals surface area contributed by atoms with Gasteiger partial charge in [-0.1, -0.05) is 11.6 Å². The fraction of sp³-hybridized carbons (Fsp3) is 0.619. The standard InChI is InChI=1S/C21H29ClN6O/c1-27(2)16-7-8-17(13(11-16)12-23)28-18-9-10-24-21(29)19(18)20(26-28)25-15-5-3-14(22)4-6-15/h3-6,13,16-20,25-26H,7-11H2,1-2H3,(H,24,29)/t13-,16+,17+,18?,19?,20?/m1/s1. The number of amides is 1. The van der Waals surface area contributed by atoms with E-state index in [1.807, 2.05) is 24.3 Å². The number of benzene rings is 1. The molecule has 1 aliphatic carbocycles. The van der Waals surface area contributed by atoms with E-state index in [0.29, 0.717) is 17.6 Å². The van der Waals surface area contributed by atoms with Crippen LogP contribution in [0.5, 0.6) is 0 Å². The molecule has 0 aromatic heterocycles. The van der Waals surface area contributed by atoms with E-state index in [4.69, 9.17) is 11.6 Å². The number of halogens is 1. The van der Waals surface area contributed by atoms with Crippen molar-refractivity contribution in [2.24, 2.45) is 11.8 Å². The fourth-order valence-corrected chi connectivity index (χ4v) is 5.23. The minimum absolute atomic E-state index is 0.0523. The number of nitrogens with one attached hydrogen (secondary N) is 3. The SMILES string of the molecule is CN(C)[C@H]1CC[C@H](N2NC(Nc3ccc(Cl)cc3)C3C(=O)NCCC32)[C@@H](C#N)C1. The van der Waals surface area contributed by atoms with E-state index in [0.717, 1.165) is 31.4 Å². The first-order chi connectivity index (χ1) is 14.0. The number of carbonyl (C=O) groups excluding carboxylic acids is 1. The number of anilines is 1. The van der Waals surface area contributed by atoms with E-state index in [-0.39, 0.29) is 36.0 Å². The van der Waals surface area contributed by atoms with Crippen LogP contribution in [0.25, 0.3) is 0 Å². The summed E-state index contributed by atoms with van der Waals surface area (Å²) in [4.78, 5) is 15.0. The highest BCUT2D eigenvalue weighted by Crippen LogP contribution is 2.37. The quantitative estimate of drug-likeness (QED) is 0.696. The number of hydrazine groups is 1. The van der Waals surface area contributed by atoms with Crippen LogP contribution >= 0.6 is 11.6 Å². The van der Waals surface area contributed by atoms with Gasteiger partial charge < -0.3 is 15.5 Å². The molecule has 1 aromatic carbocycles. The molecule has 29 heavy (non-hydrogen) atoms. The van der Waals surface area contributed by atoms with Crippen molar-refractivity contribution in [3.05, 3.63) is 29.3 Å². The van der Waals surface area contributed by atoms with Gasteiger partial charge in [0.05, 0.1) is 17.9 Å². The van der Waals surface area contributed by atoms with Gasteiger partial charge in [-0.15, -0.1) is 0 Å². The molecule has 7 nitrogen and oxygen atoms in total. The number of fused-ring (bicyclic) bond motifs is 1. The predicted molar refractivity (Wildman–Crippen MR) is 113 cm³/mol. The molecule has 1 amide bonds. The van der Waals surface area contributed by atoms with Crippen molar-refractivity contribution in [1.82, 2.24) is 20.7 Å². The second-order valence-electron chi connectivity index (χ2n) is 8.57. The molecule has 0 radical (unpaired) electrons. The normalized spacial score (nSPS) is 35.1. The Labute approximate surface area is 177 Å². The number of hydrogen-bond donors (Lipinski definition) is 3. The monoisotopic (exact) mass is 416 g/mol. The van der Waals surface area contributed by atoms with Crippen molar-refractivity contribution in [2.45, 2.75) is 50.0 Å². The molecule has 156 valence electrons. The van der Waals surface area contributed by atoms with Gasteiger partial charge in [0.25, 0.3) is 0 Å². The second kappa shape index (κ2) is 8.49. The molecule has 8 heteroatoms. The molecule has 2 heterocycles. The third kappa shape index (κ3) is 4.08. The van der Waals surface area contributed by atoms with Gasteiger partial charge in [-0.25, -0.2) is 10.4 Å². The molecule has 3 aliphatic rings. The fourth-order valence-electron chi connectivity index (χ4n) is 5.10. The van der Waals surface area contributed by atoms with Crippen molar-refractivity contribution in [1.29, 1.82) is 5.26 Å². The van der Waals surface area contributed by atoms with E-state index in [2.05, 4.69) is 46.1 Å². The molecule has 0 bridgehead atoms. The zero-order chi connectivity index (χ0) is 20.5. The van der Waals surface area contributed by atoms with Crippen molar-refractivity contribution >= 4 is 23.2 Å². The minimum Gasteiger partial charge on any atom is -0.368 e. The van der Waals surface area contributed by atoms with E-state index in [1.165, 1.54) is 0 Å². The van der Waals surface area contributed by atoms with Gasteiger partial charge in [-0.05, 0) is 64.0 Å². The van der Waals surface area contributed by atoms with Crippen LogP contribution in [0, 0.1) is 23.2 Å². The number of nitrogens with zero attached hydrogens (tertiary/aromatic N) is 3. The maximum absolute atomic E-state index is 12.7. The lowest BCUT2D eigenvalue weighted by Gasteiger charge is -2.42. The molecule has 0 spiro atoms. The van der Waals surface area contributed by atoms with E-state index < -0.39 is 0 Å². The summed E-state index contributed by atoms with van der Waals surface area (Å²) in [5.74, 6) is -0.188. The molecule has 3 unspecified atom stereocenters. The van der Waals surface area contributed by atoms with E-state index >= 15 is 0 Å². The lowest BCUT2D eigenvalue weighted by Crippen LogP contribution is -2.55. The Morgan fingerprint density at radius 2 is 1.97 bits per heavy atom. The van der Waals surface area contributed by atoms with Crippen LogP contribution in [0.15, 0.2) is 24.3 Å². The summed E-state index contributed by atoms with van der Waals surface area (Å²) in [6.45, 7) is 0.677. The van der Waals surface area contributed by atoms with Gasteiger partial charge in [-0.2, -0.15) is 5.26 Å². The Morgan fingerprint density at radius 1 is 1.21 bits per heavy atom. The maximum atomic E-state index is 12.7.